The summed E-state index contributed by atoms with van der Waals surface area (Å²) in [5.74, 6) is 1.72. The topological polar surface area (TPSA) is 20.2 Å². The van der Waals surface area contributed by atoms with E-state index in [9.17, 15) is 5.11 Å². The van der Waals surface area contributed by atoms with Crippen LogP contribution in [0.25, 0.3) is 0 Å². The summed E-state index contributed by atoms with van der Waals surface area (Å²) in [6, 6.07) is 0. The van der Waals surface area contributed by atoms with E-state index < -0.39 is 0 Å². The Balaban J connectivity index is 3.90. The van der Waals surface area contributed by atoms with Gasteiger partial charge in [0.2, 0.25) is 0 Å². The Bertz CT molecular complexity index is 99.0. The minimum Gasteiger partial charge on any atom is -0.393 e. The van der Waals surface area contributed by atoms with Gasteiger partial charge in [-0.3, -0.25) is 0 Å². The molecule has 0 heterocycles. The molecule has 0 saturated carbocycles. The van der Waals surface area contributed by atoms with E-state index in [0.29, 0.717) is 17.8 Å². The molecule has 1 nitrogen and oxygen atoms in total. The average molecular weight is 158 g/mol. The molecule has 3 unspecified atom stereocenters. The zero-order valence-electron chi connectivity index (χ0n) is 8.46. The maximum Gasteiger partial charge on any atom is 0.0565 e. The molecule has 0 spiro atoms. The summed E-state index contributed by atoms with van der Waals surface area (Å²) in [4.78, 5) is 0. The minimum absolute atomic E-state index is 0.118. The Morgan fingerprint density at radius 2 is 1.45 bits per heavy atom. The predicted molar refractivity (Wildman–Crippen MR) is 49.5 cm³/mol. The molecule has 1 heteroatoms. The van der Waals surface area contributed by atoms with Crippen LogP contribution in [0.4, 0.5) is 0 Å². The minimum atomic E-state index is -0.118. The molecule has 1 N–H and O–H groups in total. The fourth-order valence-electron chi connectivity index (χ4n) is 1.33. The van der Waals surface area contributed by atoms with E-state index in [0.717, 1.165) is 6.42 Å². The zero-order valence-corrected chi connectivity index (χ0v) is 8.46. The predicted octanol–water partition coefficient (Wildman–Crippen LogP) is 2.69. The van der Waals surface area contributed by atoms with Crippen LogP contribution in [0.5, 0.6) is 0 Å². The van der Waals surface area contributed by atoms with Crippen molar-refractivity contribution in [2.75, 3.05) is 0 Å². The van der Waals surface area contributed by atoms with Crippen molar-refractivity contribution >= 4 is 0 Å². The van der Waals surface area contributed by atoms with Crippen molar-refractivity contribution in [1.82, 2.24) is 0 Å². The third-order valence-electron chi connectivity index (χ3n) is 2.91. The Morgan fingerprint density at radius 1 is 1.00 bits per heavy atom. The highest BCUT2D eigenvalue weighted by atomic mass is 16.3. The quantitative estimate of drug-likeness (QED) is 0.667. The second-order valence-corrected chi connectivity index (χ2v) is 3.94. The van der Waals surface area contributed by atoms with Crippen molar-refractivity contribution in [2.24, 2.45) is 17.8 Å². The van der Waals surface area contributed by atoms with Crippen molar-refractivity contribution < 1.29 is 5.11 Å². The van der Waals surface area contributed by atoms with Gasteiger partial charge in [-0.25, -0.2) is 0 Å². The van der Waals surface area contributed by atoms with E-state index in [1.54, 1.807) is 0 Å². The van der Waals surface area contributed by atoms with Crippen LogP contribution >= 0.6 is 0 Å². The van der Waals surface area contributed by atoms with E-state index in [-0.39, 0.29) is 6.10 Å². The molecule has 0 amide bonds. The molecule has 0 aliphatic heterocycles. The standard InChI is InChI=1S/C10H22O/c1-6-10(11)9(5)8(4)7(2)3/h7-11H,6H2,1-5H3. The third kappa shape index (κ3) is 3.24. The van der Waals surface area contributed by atoms with Crippen molar-refractivity contribution in [3.63, 3.8) is 0 Å². The van der Waals surface area contributed by atoms with Gasteiger partial charge in [0.15, 0.2) is 0 Å². The first-order chi connectivity index (χ1) is 5.00. The van der Waals surface area contributed by atoms with Gasteiger partial charge in [-0.05, 0) is 24.2 Å². The molecule has 0 saturated heterocycles. The van der Waals surface area contributed by atoms with Crippen LogP contribution in [-0.4, -0.2) is 11.2 Å². The van der Waals surface area contributed by atoms with Gasteiger partial charge in [-0.1, -0.05) is 34.6 Å². The van der Waals surface area contributed by atoms with Gasteiger partial charge >= 0.3 is 0 Å². The first kappa shape index (κ1) is 11.0. The van der Waals surface area contributed by atoms with Crippen LogP contribution < -0.4 is 0 Å². The summed E-state index contributed by atoms with van der Waals surface area (Å²) in [5, 5.41) is 9.55. The molecule has 0 rings (SSSR count). The lowest BCUT2D eigenvalue weighted by molar-refractivity contribution is 0.0700. The second kappa shape index (κ2) is 4.76. The molecule has 0 aromatic rings. The SMILES string of the molecule is CCC(O)C(C)C(C)C(C)C. The van der Waals surface area contributed by atoms with Crippen LogP contribution in [0, 0.1) is 17.8 Å². The smallest absolute Gasteiger partial charge is 0.0565 e. The Hall–Kier alpha value is -0.0400. The van der Waals surface area contributed by atoms with Crippen molar-refractivity contribution in [3.05, 3.63) is 0 Å². The maximum atomic E-state index is 9.55. The lowest BCUT2D eigenvalue weighted by atomic mass is 9.82. The fraction of sp³-hybridized carbons (Fsp3) is 1.00. The van der Waals surface area contributed by atoms with Gasteiger partial charge < -0.3 is 5.11 Å². The van der Waals surface area contributed by atoms with E-state index in [2.05, 4.69) is 27.7 Å². The monoisotopic (exact) mass is 158 g/mol. The van der Waals surface area contributed by atoms with Gasteiger partial charge in [-0.2, -0.15) is 0 Å². The van der Waals surface area contributed by atoms with Gasteiger partial charge in [0.05, 0.1) is 6.10 Å². The molecule has 0 aliphatic rings. The molecule has 68 valence electrons. The van der Waals surface area contributed by atoms with E-state index >= 15 is 0 Å². The highest BCUT2D eigenvalue weighted by Gasteiger charge is 2.21. The molecule has 0 bridgehead atoms. The number of rotatable bonds is 4. The van der Waals surface area contributed by atoms with Crippen LogP contribution in [0.2, 0.25) is 0 Å². The number of aliphatic hydroxyl groups excluding tert-OH is 1. The Kier molecular flexibility index (Phi) is 4.74. The van der Waals surface area contributed by atoms with Crippen LogP contribution in [0.3, 0.4) is 0 Å². The van der Waals surface area contributed by atoms with Crippen LogP contribution in [0.1, 0.15) is 41.0 Å². The van der Waals surface area contributed by atoms with Gasteiger partial charge in [0.25, 0.3) is 0 Å². The average Bonchev–Trinajstić information content (AvgIpc) is 2.00. The summed E-state index contributed by atoms with van der Waals surface area (Å²) in [7, 11) is 0. The number of aliphatic hydroxyl groups is 1. The zero-order chi connectivity index (χ0) is 9.02. The molecule has 11 heavy (non-hydrogen) atoms. The van der Waals surface area contributed by atoms with Gasteiger partial charge in [-0.15, -0.1) is 0 Å². The normalized spacial score (nSPS) is 19.9. The Labute approximate surface area is 70.8 Å². The molecule has 0 aliphatic carbocycles. The highest BCUT2D eigenvalue weighted by molar-refractivity contribution is 4.71. The third-order valence-corrected chi connectivity index (χ3v) is 2.91. The molecule has 0 aromatic carbocycles. The maximum absolute atomic E-state index is 9.55. The summed E-state index contributed by atoms with van der Waals surface area (Å²) >= 11 is 0. The second-order valence-electron chi connectivity index (χ2n) is 3.94. The number of hydrogen-bond acceptors (Lipinski definition) is 1. The summed E-state index contributed by atoms with van der Waals surface area (Å²) in [6.45, 7) is 10.8. The first-order valence-corrected chi connectivity index (χ1v) is 4.68. The van der Waals surface area contributed by atoms with Gasteiger partial charge in [0.1, 0.15) is 0 Å². The number of hydrogen-bond donors (Lipinski definition) is 1. The van der Waals surface area contributed by atoms with Crippen molar-refractivity contribution in [2.45, 2.75) is 47.1 Å². The fourth-order valence-corrected chi connectivity index (χ4v) is 1.33. The lowest BCUT2D eigenvalue weighted by Crippen LogP contribution is -2.26. The van der Waals surface area contributed by atoms with Crippen molar-refractivity contribution in [1.29, 1.82) is 0 Å². The van der Waals surface area contributed by atoms with E-state index in [4.69, 9.17) is 0 Å². The summed E-state index contributed by atoms with van der Waals surface area (Å²) < 4.78 is 0. The molecular formula is C10H22O. The Morgan fingerprint density at radius 3 is 1.73 bits per heavy atom. The molecule has 0 radical (unpaired) electrons. The summed E-state index contributed by atoms with van der Waals surface area (Å²) in [6.07, 6.45) is 0.755. The van der Waals surface area contributed by atoms with E-state index in [1.807, 2.05) is 6.92 Å². The highest BCUT2D eigenvalue weighted by Crippen LogP contribution is 2.23. The van der Waals surface area contributed by atoms with Crippen molar-refractivity contribution in [3.8, 4) is 0 Å². The van der Waals surface area contributed by atoms with Crippen LogP contribution in [-0.2, 0) is 0 Å². The molecule has 0 aromatic heterocycles. The molecule has 3 atom stereocenters. The van der Waals surface area contributed by atoms with Crippen LogP contribution in [0.15, 0.2) is 0 Å². The largest absolute Gasteiger partial charge is 0.393 e. The molecule has 0 fully saturated rings. The molecular weight excluding hydrogens is 136 g/mol. The lowest BCUT2D eigenvalue weighted by Gasteiger charge is -2.27. The van der Waals surface area contributed by atoms with E-state index in [1.165, 1.54) is 0 Å². The van der Waals surface area contributed by atoms with Gasteiger partial charge in [0, 0.05) is 0 Å². The summed E-state index contributed by atoms with van der Waals surface area (Å²) in [5.41, 5.74) is 0. The first-order valence-electron chi connectivity index (χ1n) is 4.68.